The van der Waals surface area contributed by atoms with Gasteiger partial charge in [-0.15, -0.1) is 0 Å². The van der Waals surface area contributed by atoms with Crippen molar-refractivity contribution in [1.82, 2.24) is 20.2 Å². The predicted molar refractivity (Wildman–Crippen MR) is 105 cm³/mol. The van der Waals surface area contributed by atoms with Crippen LogP contribution in [-0.4, -0.2) is 53.2 Å². The number of rotatable bonds is 5. The number of carbonyl (C=O) groups excluding carboxylic acids is 1. The van der Waals surface area contributed by atoms with E-state index in [1.54, 1.807) is 18.5 Å². The maximum Gasteiger partial charge on any atom is 0.317 e. The van der Waals surface area contributed by atoms with Crippen LogP contribution < -0.4 is 15.0 Å². The van der Waals surface area contributed by atoms with Crippen LogP contribution in [-0.2, 0) is 0 Å². The van der Waals surface area contributed by atoms with Crippen LogP contribution >= 0.6 is 0 Å². The van der Waals surface area contributed by atoms with Crippen molar-refractivity contribution >= 4 is 12.0 Å². The molecule has 0 bridgehead atoms. The summed E-state index contributed by atoms with van der Waals surface area (Å²) in [6.45, 7) is 8.73. The second-order valence-corrected chi connectivity index (χ2v) is 6.93. The zero-order valence-corrected chi connectivity index (χ0v) is 16.1. The number of nitrogens with one attached hydrogen (secondary N) is 1. The molecule has 0 aliphatic carbocycles. The summed E-state index contributed by atoms with van der Waals surface area (Å²) in [7, 11) is 0. The van der Waals surface area contributed by atoms with Crippen LogP contribution in [0.4, 0.5) is 10.7 Å². The van der Waals surface area contributed by atoms with Gasteiger partial charge in [-0.3, -0.25) is 0 Å². The maximum absolute atomic E-state index is 12.6. The van der Waals surface area contributed by atoms with E-state index in [9.17, 15) is 4.79 Å². The van der Waals surface area contributed by atoms with E-state index in [0.717, 1.165) is 24.4 Å². The van der Waals surface area contributed by atoms with E-state index in [1.807, 2.05) is 49.9 Å². The van der Waals surface area contributed by atoms with Crippen molar-refractivity contribution in [2.75, 3.05) is 31.1 Å². The van der Waals surface area contributed by atoms with Gasteiger partial charge in [0.15, 0.2) is 0 Å². The highest BCUT2D eigenvalue weighted by Crippen LogP contribution is 2.20. The monoisotopic (exact) mass is 369 g/mol. The van der Waals surface area contributed by atoms with Gasteiger partial charge < -0.3 is 19.9 Å². The molecule has 1 aliphatic heterocycles. The summed E-state index contributed by atoms with van der Waals surface area (Å²) in [5.41, 5.74) is 1.03. The van der Waals surface area contributed by atoms with Crippen molar-refractivity contribution in [3.63, 3.8) is 0 Å². The smallest absolute Gasteiger partial charge is 0.317 e. The molecule has 1 N–H and O–H groups in total. The normalized spacial score (nSPS) is 15.6. The summed E-state index contributed by atoms with van der Waals surface area (Å²) in [5.74, 6) is 1.54. The molecule has 2 amide bonds. The Bertz CT molecular complexity index is 745. The Morgan fingerprint density at radius 1 is 1.07 bits per heavy atom. The molecular weight excluding hydrogens is 342 g/mol. The number of nitrogens with zero attached hydrogens (tertiary/aromatic N) is 4. The standard InChI is InChI=1S/C20H27N5O2/c1-15(2)27-18-7-4-6-17(14-18)16(3)23-20(26)25-12-10-24(11-13-25)19-21-8-5-9-22-19/h4-9,14-16H,10-13H2,1-3H3,(H,23,26). The Labute approximate surface area is 160 Å². The Morgan fingerprint density at radius 3 is 2.44 bits per heavy atom. The fraction of sp³-hybridized carbons (Fsp3) is 0.450. The molecule has 0 radical (unpaired) electrons. The molecule has 1 saturated heterocycles. The molecule has 144 valence electrons. The Morgan fingerprint density at radius 2 is 1.78 bits per heavy atom. The van der Waals surface area contributed by atoms with Crippen molar-refractivity contribution in [2.45, 2.75) is 32.9 Å². The van der Waals surface area contributed by atoms with E-state index in [1.165, 1.54) is 0 Å². The first kappa shape index (κ1) is 18.9. The number of carbonyl (C=O) groups is 1. The van der Waals surface area contributed by atoms with E-state index in [4.69, 9.17) is 4.74 Å². The summed E-state index contributed by atoms with van der Waals surface area (Å²) in [6.07, 6.45) is 3.59. The molecule has 2 aromatic rings. The zero-order chi connectivity index (χ0) is 19.2. The van der Waals surface area contributed by atoms with E-state index in [2.05, 4.69) is 20.2 Å². The van der Waals surface area contributed by atoms with Gasteiger partial charge in [-0.2, -0.15) is 0 Å². The highest BCUT2D eigenvalue weighted by molar-refractivity contribution is 5.75. The van der Waals surface area contributed by atoms with Gasteiger partial charge in [-0.05, 0) is 44.5 Å². The molecule has 1 aromatic carbocycles. The summed E-state index contributed by atoms with van der Waals surface area (Å²) in [5, 5.41) is 3.08. The third-order valence-electron chi connectivity index (χ3n) is 4.47. The van der Waals surface area contributed by atoms with Gasteiger partial charge in [-0.25, -0.2) is 14.8 Å². The fourth-order valence-corrected chi connectivity index (χ4v) is 3.05. The molecule has 0 saturated carbocycles. The molecule has 7 nitrogen and oxygen atoms in total. The van der Waals surface area contributed by atoms with Gasteiger partial charge in [0.2, 0.25) is 5.95 Å². The Hall–Kier alpha value is -2.83. The van der Waals surface area contributed by atoms with Crippen molar-refractivity contribution in [2.24, 2.45) is 0 Å². The van der Waals surface area contributed by atoms with Gasteiger partial charge >= 0.3 is 6.03 Å². The Kier molecular flexibility index (Phi) is 6.11. The predicted octanol–water partition coefficient (Wildman–Crippen LogP) is 2.86. The van der Waals surface area contributed by atoms with Crippen LogP contribution in [0.3, 0.4) is 0 Å². The molecule has 1 unspecified atom stereocenters. The van der Waals surface area contributed by atoms with Crippen molar-refractivity contribution < 1.29 is 9.53 Å². The van der Waals surface area contributed by atoms with Crippen LogP contribution in [0.15, 0.2) is 42.7 Å². The number of ether oxygens (including phenoxy) is 1. The second-order valence-electron chi connectivity index (χ2n) is 6.93. The molecule has 2 heterocycles. The maximum atomic E-state index is 12.6. The first-order valence-electron chi connectivity index (χ1n) is 9.37. The highest BCUT2D eigenvalue weighted by Gasteiger charge is 2.23. The molecule has 3 rings (SSSR count). The number of urea groups is 1. The van der Waals surface area contributed by atoms with Crippen LogP contribution in [0.1, 0.15) is 32.4 Å². The molecule has 1 aliphatic rings. The summed E-state index contributed by atoms with van der Waals surface area (Å²) in [6, 6.07) is 9.53. The Balaban J connectivity index is 1.53. The van der Waals surface area contributed by atoms with Crippen LogP contribution in [0.2, 0.25) is 0 Å². The summed E-state index contributed by atoms with van der Waals surface area (Å²) >= 11 is 0. The van der Waals surface area contributed by atoms with Gasteiger partial charge in [0.05, 0.1) is 12.1 Å². The van der Waals surface area contributed by atoms with Crippen molar-refractivity contribution in [3.8, 4) is 5.75 Å². The minimum atomic E-state index is -0.0938. The van der Waals surface area contributed by atoms with Crippen LogP contribution in [0, 0.1) is 0 Å². The number of aromatic nitrogens is 2. The largest absolute Gasteiger partial charge is 0.491 e. The van der Waals surface area contributed by atoms with Gasteiger partial charge in [0.25, 0.3) is 0 Å². The molecule has 1 aromatic heterocycles. The first-order chi connectivity index (χ1) is 13.0. The summed E-state index contributed by atoms with van der Waals surface area (Å²) in [4.78, 5) is 25.1. The zero-order valence-electron chi connectivity index (χ0n) is 16.1. The van der Waals surface area contributed by atoms with Crippen molar-refractivity contribution in [3.05, 3.63) is 48.3 Å². The molecule has 0 spiro atoms. The topological polar surface area (TPSA) is 70.6 Å². The van der Waals surface area contributed by atoms with Gasteiger partial charge in [0.1, 0.15) is 5.75 Å². The lowest BCUT2D eigenvalue weighted by molar-refractivity contribution is 0.191. The lowest BCUT2D eigenvalue weighted by Gasteiger charge is -2.35. The minimum absolute atomic E-state index is 0.0497. The SMILES string of the molecule is CC(C)Oc1cccc(C(C)NC(=O)N2CCN(c3ncccn3)CC2)c1. The van der Waals surface area contributed by atoms with Gasteiger partial charge in [-0.1, -0.05) is 12.1 Å². The van der Waals surface area contributed by atoms with E-state index < -0.39 is 0 Å². The third-order valence-corrected chi connectivity index (χ3v) is 4.47. The van der Waals surface area contributed by atoms with Crippen LogP contribution in [0.5, 0.6) is 5.75 Å². The number of hydrogen-bond acceptors (Lipinski definition) is 5. The average molecular weight is 369 g/mol. The lowest BCUT2D eigenvalue weighted by Crippen LogP contribution is -2.52. The lowest BCUT2D eigenvalue weighted by atomic mass is 10.1. The molecule has 7 heteroatoms. The fourth-order valence-electron chi connectivity index (χ4n) is 3.05. The molecule has 27 heavy (non-hydrogen) atoms. The van der Waals surface area contributed by atoms with Gasteiger partial charge in [0, 0.05) is 38.6 Å². The minimum Gasteiger partial charge on any atom is -0.491 e. The molecular formula is C20H27N5O2. The van der Waals surface area contributed by atoms with E-state index in [-0.39, 0.29) is 18.2 Å². The molecule has 1 fully saturated rings. The van der Waals surface area contributed by atoms with E-state index in [0.29, 0.717) is 19.0 Å². The number of piperazine rings is 1. The first-order valence-corrected chi connectivity index (χ1v) is 9.37. The number of amides is 2. The third kappa shape index (κ3) is 5.09. The van der Waals surface area contributed by atoms with Crippen LogP contribution in [0.25, 0.3) is 0 Å². The van der Waals surface area contributed by atoms with Crippen molar-refractivity contribution in [1.29, 1.82) is 0 Å². The quantitative estimate of drug-likeness (QED) is 0.878. The number of hydrogen-bond donors (Lipinski definition) is 1. The molecule has 1 atom stereocenters. The number of anilines is 1. The summed E-state index contributed by atoms with van der Waals surface area (Å²) < 4.78 is 5.74. The second kappa shape index (κ2) is 8.70. The van der Waals surface area contributed by atoms with E-state index >= 15 is 0 Å². The number of benzene rings is 1. The average Bonchev–Trinajstić information content (AvgIpc) is 2.68. The highest BCUT2D eigenvalue weighted by atomic mass is 16.5.